The first-order chi connectivity index (χ1) is 38.6. The molecule has 0 bridgehead atoms. The summed E-state index contributed by atoms with van der Waals surface area (Å²) in [5, 5.41) is 31.6. The second-order valence-corrected chi connectivity index (χ2v) is 22.4. The SMILES string of the molecule is CCCCC/C=C\C/C=C\CCCCCCCCCCCC(=O)OC1C(OCC(COC(=O)CCCCCCCCC/C=C\CCCCCCCC)OC(=O)CCCCCCC/C=C\CCCCCC)OC(C(=O)O)C(O)C1O. The monoisotopic (exact) mass is 1110 g/mol. The number of aliphatic carboxylic acids is 1. The average Bonchev–Trinajstić information content (AvgIpc) is 3.46. The van der Waals surface area contributed by atoms with Gasteiger partial charge in [0.2, 0.25) is 0 Å². The van der Waals surface area contributed by atoms with Crippen LogP contribution in [0, 0.1) is 0 Å². The molecule has 3 N–H and O–H groups in total. The zero-order valence-electron chi connectivity index (χ0n) is 50.6. The molecule has 12 heteroatoms. The van der Waals surface area contributed by atoms with E-state index in [0.29, 0.717) is 19.3 Å². The summed E-state index contributed by atoms with van der Waals surface area (Å²) in [6.45, 7) is 5.97. The van der Waals surface area contributed by atoms with E-state index in [4.69, 9.17) is 23.7 Å². The van der Waals surface area contributed by atoms with Gasteiger partial charge in [0.05, 0.1) is 6.61 Å². The number of hydrogen-bond acceptors (Lipinski definition) is 11. The van der Waals surface area contributed by atoms with Crippen molar-refractivity contribution >= 4 is 23.9 Å². The first-order valence-electron chi connectivity index (χ1n) is 32.6. The van der Waals surface area contributed by atoms with E-state index in [1.807, 2.05) is 0 Å². The second-order valence-electron chi connectivity index (χ2n) is 22.4. The lowest BCUT2D eigenvalue weighted by Crippen LogP contribution is -2.61. The van der Waals surface area contributed by atoms with Crippen molar-refractivity contribution in [3.8, 4) is 0 Å². The van der Waals surface area contributed by atoms with Crippen LogP contribution in [0.25, 0.3) is 0 Å². The van der Waals surface area contributed by atoms with Crippen LogP contribution in [0.4, 0.5) is 0 Å². The number of carbonyl (C=O) groups is 4. The molecule has 0 aromatic rings. The maximum Gasteiger partial charge on any atom is 0.335 e. The third-order valence-electron chi connectivity index (χ3n) is 14.8. The van der Waals surface area contributed by atoms with Gasteiger partial charge in [0.1, 0.15) is 18.8 Å². The average molecular weight is 1120 g/mol. The molecule has 1 aliphatic rings. The molecular formula is C67H118O12. The number of unbranched alkanes of at least 4 members (excludes halogenated alkanes) is 34. The lowest BCUT2D eigenvalue weighted by molar-refractivity contribution is -0.301. The van der Waals surface area contributed by atoms with Crippen LogP contribution in [-0.4, -0.2) is 89.2 Å². The van der Waals surface area contributed by atoms with Crippen LogP contribution in [0.15, 0.2) is 48.6 Å². The number of carboxylic acids is 1. The van der Waals surface area contributed by atoms with Crippen LogP contribution in [0.5, 0.6) is 0 Å². The Morgan fingerprint density at radius 3 is 1.19 bits per heavy atom. The van der Waals surface area contributed by atoms with E-state index >= 15 is 0 Å². The molecule has 0 aromatic heterocycles. The Morgan fingerprint density at radius 1 is 0.418 bits per heavy atom. The fourth-order valence-corrected chi connectivity index (χ4v) is 9.80. The first-order valence-corrected chi connectivity index (χ1v) is 32.6. The molecule has 0 spiro atoms. The summed E-state index contributed by atoms with van der Waals surface area (Å²) in [7, 11) is 0. The van der Waals surface area contributed by atoms with Crippen molar-refractivity contribution in [2.45, 2.75) is 340 Å². The van der Waals surface area contributed by atoms with E-state index in [-0.39, 0.29) is 25.9 Å². The van der Waals surface area contributed by atoms with Crippen molar-refractivity contribution in [1.82, 2.24) is 0 Å². The van der Waals surface area contributed by atoms with E-state index in [9.17, 15) is 34.5 Å². The number of carbonyl (C=O) groups excluding carboxylic acids is 3. The summed E-state index contributed by atoms with van der Waals surface area (Å²) in [5.74, 6) is -3.12. The molecule has 1 fully saturated rings. The molecule has 0 radical (unpaired) electrons. The number of hydrogen-bond donors (Lipinski definition) is 3. The maximum atomic E-state index is 13.2. The Hall–Kier alpha value is -3.32. The van der Waals surface area contributed by atoms with E-state index in [1.165, 1.54) is 141 Å². The van der Waals surface area contributed by atoms with Gasteiger partial charge in [0.25, 0.3) is 0 Å². The largest absolute Gasteiger partial charge is 0.479 e. The van der Waals surface area contributed by atoms with Gasteiger partial charge < -0.3 is 39.0 Å². The smallest absolute Gasteiger partial charge is 0.335 e. The third kappa shape index (κ3) is 45.0. The maximum absolute atomic E-state index is 13.2. The summed E-state index contributed by atoms with van der Waals surface area (Å²) in [4.78, 5) is 51.3. The van der Waals surface area contributed by atoms with Gasteiger partial charge in [-0.1, -0.05) is 230 Å². The van der Waals surface area contributed by atoms with Gasteiger partial charge in [-0.3, -0.25) is 14.4 Å². The third-order valence-corrected chi connectivity index (χ3v) is 14.8. The fraction of sp³-hybridized carbons (Fsp3) is 0.821. The molecule has 1 saturated heterocycles. The highest BCUT2D eigenvalue weighted by molar-refractivity contribution is 5.74. The minimum absolute atomic E-state index is 0.0558. The van der Waals surface area contributed by atoms with E-state index in [2.05, 4.69) is 69.4 Å². The quantitative estimate of drug-likeness (QED) is 0.0228. The van der Waals surface area contributed by atoms with Crippen LogP contribution in [0.3, 0.4) is 0 Å². The summed E-state index contributed by atoms with van der Waals surface area (Å²) < 4.78 is 28.5. The van der Waals surface area contributed by atoms with Crippen molar-refractivity contribution in [2.24, 2.45) is 0 Å². The Labute approximate surface area is 482 Å². The van der Waals surface area contributed by atoms with Crippen molar-refractivity contribution in [1.29, 1.82) is 0 Å². The topological polar surface area (TPSA) is 175 Å². The minimum atomic E-state index is -1.91. The van der Waals surface area contributed by atoms with Gasteiger partial charge >= 0.3 is 23.9 Å². The predicted molar refractivity (Wildman–Crippen MR) is 322 cm³/mol. The van der Waals surface area contributed by atoms with Gasteiger partial charge in [0, 0.05) is 19.3 Å². The molecule has 1 heterocycles. The lowest BCUT2D eigenvalue weighted by atomic mass is 9.98. The molecule has 0 amide bonds. The minimum Gasteiger partial charge on any atom is -0.479 e. The second kappa shape index (κ2) is 55.2. The first kappa shape index (κ1) is 73.7. The normalized spacial score (nSPS) is 18.1. The van der Waals surface area contributed by atoms with Crippen LogP contribution in [0.2, 0.25) is 0 Å². The molecule has 458 valence electrons. The van der Waals surface area contributed by atoms with Crippen LogP contribution < -0.4 is 0 Å². The number of carboxylic acid groups (broad SMARTS) is 1. The van der Waals surface area contributed by atoms with Gasteiger partial charge in [-0.25, -0.2) is 4.79 Å². The van der Waals surface area contributed by atoms with Crippen molar-refractivity contribution in [3.63, 3.8) is 0 Å². The number of ether oxygens (including phenoxy) is 5. The van der Waals surface area contributed by atoms with Crippen LogP contribution >= 0.6 is 0 Å². The van der Waals surface area contributed by atoms with E-state index in [0.717, 1.165) is 103 Å². The molecule has 6 atom stereocenters. The summed E-state index contributed by atoms with van der Waals surface area (Å²) >= 11 is 0. The molecule has 1 rings (SSSR count). The van der Waals surface area contributed by atoms with Crippen molar-refractivity contribution < 1.29 is 58.2 Å². The van der Waals surface area contributed by atoms with Gasteiger partial charge in [-0.2, -0.15) is 0 Å². The Balaban J connectivity index is 2.64. The highest BCUT2D eigenvalue weighted by Gasteiger charge is 2.50. The number of allylic oxidation sites excluding steroid dienone is 8. The number of aliphatic hydroxyl groups is 2. The van der Waals surface area contributed by atoms with Crippen molar-refractivity contribution in [2.75, 3.05) is 13.2 Å². The molecule has 79 heavy (non-hydrogen) atoms. The van der Waals surface area contributed by atoms with Crippen molar-refractivity contribution in [3.05, 3.63) is 48.6 Å². The Bertz CT molecular complexity index is 1560. The predicted octanol–water partition coefficient (Wildman–Crippen LogP) is 17.3. The molecular weight excluding hydrogens is 997 g/mol. The zero-order valence-corrected chi connectivity index (χ0v) is 50.6. The lowest BCUT2D eigenvalue weighted by Gasteiger charge is -2.40. The highest BCUT2D eigenvalue weighted by Crippen LogP contribution is 2.27. The summed E-state index contributed by atoms with van der Waals surface area (Å²) in [6.07, 6.45) is 54.9. The Kier molecular flexibility index (Phi) is 51.5. The standard InChI is InChI=1S/C67H118O12/c1-4-7-10-13-16-19-22-25-27-29-30-32-34-37-40-43-46-49-52-55-61(70)78-65-63(72)62(71)64(66(73)74)79-67(65)76-57-58(77-60(69)54-51-48-45-42-39-35-24-21-18-15-12-9-6-3)56-75-59(68)53-50-47-44-41-38-36-33-31-28-26-23-20-17-14-11-8-5-2/h16,19,21,24-28,58,62-65,67,71-72H,4-15,17-18,20,22-23,29-57H2,1-3H3,(H,73,74)/b19-16-,24-21-,27-25-,28-26-. The molecule has 0 aromatic carbocycles. The number of esters is 3. The summed E-state index contributed by atoms with van der Waals surface area (Å²) in [6, 6.07) is 0. The van der Waals surface area contributed by atoms with E-state index in [1.54, 1.807) is 0 Å². The highest BCUT2D eigenvalue weighted by atomic mass is 16.7. The molecule has 1 aliphatic heterocycles. The molecule has 12 nitrogen and oxygen atoms in total. The summed E-state index contributed by atoms with van der Waals surface area (Å²) in [5.41, 5.74) is 0. The molecule has 0 aliphatic carbocycles. The molecule has 0 saturated carbocycles. The Morgan fingerprint density at radius 2 is 0.759 bits per heavy atom. The number of aliphatic hydroxyl groups excluding tert-OH is 2. The van der Waals surface area contributed by atoms with Crippen LogP contribution in [0.1, 0.15) is 303 Å². The van der Waals surface area contributed by atoms with Gasteiger partial charge in [-0.05, 0) is 103 Å². The van der Waals surface area contributed by atoms with E-state index < -0.39 is 67.3 Å². The molecule has 6 unspecified atom stereocenters. The van der Waals surface area contributed by atoms with Gasteiger partial charge in [0.15, 0.2) is 24.6 Å². The fourth-order valence-electron chi connectivity index (χ4n) is 9.80. The van der Waals surface area contributed by atoms with Gasteiger partial charge in [-0.15, -0.1) is 0 Å². The zero-order chi connectivity index (χ0) is 57.5. The number of rotatable bonds is 56. The van der Waals surface area contributed by atoms with Crippen LogP contribution in [-0.2, 0) is 42.9 Å².